The van der Waals surface area contributed by atoms with Crippen molar-refractivity contribution in [2.24, 2.45) is 0 Å². The number of likely N-dealkylation sites (N-methyl/N-ethyl adjacent to an activating group) is 1. The lowest BCUT2D eigenvalue weighted by atomic mass is 10.4. The summed E-state index contributed by atoms with van der Waals surface area (Å²) in [6.07, 6.45) is 0. The Balaban J connectivity index is 3.82. The molecule has 0 aromatic carbocycles. The van der Waals surface area contributed by atoms with Gasteiger partial charge in [-0.15, -0.1) is 0 Å². The van der Waals surface area contributed by atoms with E-state index in [-0.39, 0.29) is 19.0 Å². The fourth-order valence-corrected chi connectivity index (χ4v) is 0.626. The van der Waals surface area contributed by atoms with E-state index < -0.39 is 11.9 Å². The highest BCUT2D eigenvalue weighted by Crippen LogP contribution is 1.83. The van der Waals surface area contributed by atoms with Gasteiger partial charge in [0.2, 0.25) is 11.8 Å². The lowest BCUT2D eigenvalue weighted by Crippen LogP contribution is -2.39. The van der Waals surface area contributed by atoms with Gasteiger partial charge < -0.3 is 15.3 Å². The minimum Gasteiger partial charge on any atom is -0.480 e. The summed E-state index contributed by atoms with van der Waals surface area (Å²) in [5, 5.41) is 10.6. The lowest BCUT2D eigenvalue weighted by Gasteiger charge is -2.14. The predicted molar refractivity (Wildman–Crippen MR) is 44.0 cm³/mol. The number of carbonyl (C=O) groups is 3. The zero-order chi connectivity index (χ0) is 10.4. The summed E-state index contributed by atoms with van der Waals surface area (Å²) in [7, 11) is 1.36. The minimum absolute atomic E-state index is 0.168. The predicted octanol–water partition coefficient (Wildman–Crippen LogP) is -1.33. The minimum atomic E-state index is -1.08. The second-order valence-electron chi connectivity index (χ2n) is 2.55. The molecule has 6 nitrogen and oxygen atoms in total. The Bertz CT molecular complexity index is 227. The number of aliphatic carboxylic acids is 1. The van der Waals surface area contributed by atoms with Crippen molar-refractivity contribution < 1.29 is 19.5 Å². The third-order valence-corrected chi connectivity index (χ3v) is 1.29. The van der Waals surface area contributed by atoms with Crippen LogP contribution in [0.5, 0.6) is 0 Å². The third kappa shape index (κ3) is 5.66. The number of carbonyl (C=O) groups excluding carboxylic acids is 2. The van der Waals surface area contributed by atoms with E-state index in [0.29, 0.717) is 0 Å². The summed E-state index contributed by atoms with van der Waals surface area (Å²) < 4.78 is 0. The number of carboxylic acids is 1. The highest BCUT2D eigenvalue weighted by Gasteiger charge is 2.11. The number of carboxylic acid groups (broad SMARTS) is 1. The number of amides is 2. The molecule has 74 valence electrons. The average Bonchev–Trinajstić information content (AvgIpc) is 1.98. The van der Waals surface area contributed by atoms with E-state index in [1.165, 1.54) is 14.0 Å². The van der Waals surface area contributed by atoms with Crippen LogP contribution in [-0.2, 0) is 14.4 Å². The molecule has 6 heteroatoms. The Hall–Kier alpha value is -1.59. The Kier molecular flexibility index (Phi) is 4.50. The van der Waals surface area contributed by atoms with Crippen LogP contribution in [0.4, 0.5) is 0 Å². The number of hydrogen-bond acceptors (Lipinski definition) is 3. The molecule has 0 heterocycles. The van der Waals surface area contributed by atoms with E-state index in [0.717, 1.165) is 4.90 Å². The lowest BCUT2D eigenvalue weighted by molar-refractivity contribution is -0.143. The molecule has 0 aromatic rings. The van der Waals surface area contributed by atoms with Crippen LogP contribution in [0.25, 0.3) is 0 Å². The maximum atomic E-state index is 11.0. The average molecular weight is 188 g/mol. The Morgan fingerprint density at radius 1 is 1.38 bits per heavy atom. The van der Waals surface area contributed by atoms with E-state index in [2.05, 4.69) is 5.32 Å². The van der Waals surface area contributed by atoms with Crippen LogP contribution in [-0.4, -0.2) is 47.9 Å². The van der Waals surface area contributed by atoms with Crippen molar-refractivity contribution in [2.75, 3.05) is 20.1 Å². The second kappa shape index (κ2) is 5.13. The van der Waals surface area contributed by atoms with Gasteiger partial charge in [0.15, 0.2) is 0 Å². The van der Waals surface area contributed by atoms with Crippen LogP contribution in [0.15, 0.2) is 0 Å². The summed E-state index contributed by atoms with van der Waals surface area (Å²) in [4.78, 5) is 32.6. The summed E-state index contributed by atoms with van der Waals surface area (Å²) in [5.41, 5.74) is 0. The van der Waals surface area contributed by atoms with Crippen LogP contribution in [0.3, 0.4) is 0 Å². The maximum Gasteiger partial charge on any atom is 0.323 e. The van der Waals surface area contributed by atoms with Crippen LogP contribution in [0.1, 0.15) is 6.92 Å². The molecule has 0 aliphatic carbocycles. The monoisotopic (exact) mass is 188 g/mol. The largest absolute Gasteiger partial charge is 0.480 e. The zero-order valence-electron chi connectivity index (χ0n) is 7.53. The van der Waals surface area contributed by atoms with Crippen LogP contribution < -0.4 is 5.32 Å². The van der Waals surface area contributed by atoms with Crippen molar-refractivity contribution >= 4 is 17.8 Å². The van der Waals surface area contributed by atoms with Gasteiger partial charge in [-0.25, -0.2) is 0 Å². The summed E-state index contributed by atoms with van der Waals surface area (Å²) >= 11 is 0. The van der Waals surface area contributed by atoms with Gasteiger partial charge in [-0.3, -0.25) is 14.4 Å². The molecule has 0 fully saturated rings. The Morgan fingerprint density at radius 2 is 1.92 bits per heavy atom. The van der Waals surface area contributed by atoms with Crippen LogP contribution in [0, 0.1) is 0 Å². The highest BCUT2D eigenvalue weighted by atomic mass is 16.4. The van der Waals surface area contributed by atoms with Gasteiger partial charge >= 0.3 is 5.97 Å². The van der Waals surface area contributed by atoms with Gasteiger partial charge in [0.05, 0.1) is 6.54 Å². The molecular weight excluding hydrogens is 176 g/mol. The standard InChI is InChI=1S/C7H12N2O4/c1-5(10)8-3-6(11)9(2)4-7(12)13/h3-4H2,1-2H3,(H,8,10)(H,12,13). The fourth-order valence-electron chi connectivity index (χ4n) is 0.626. The van der Waals surface area contributed by atoms with Gasteiger partial charge in [-0.1, -0.05) is 0 Å². The topological polar surface area (TPSA) is 86.7 Å². The van der Waals surface area contributed by atoms with Gasteiger partial charge in [0, 0.05) is 14.0 Å². The van der Waals surface area contributed by atoms with Crippen LogP contribution >= 0.6 is 0 Å². The first-order valence-electron chi connectivity index (χ1n) is 3.63. The molecule has 2 amide bonds. The van der Waals surface area contributed by atoms with Gasteiger partial charge in [-0.05, 0) is 0 Å². The van der Waals surface area contributed by atoms with Crippen LogP contribution in [0.2, 0.25) is 0 Å². The number of hydrogen-bond donors (Lipinski definition) is 2. The molecule has 0 spiro atoms. The summed E-state index contributed by atoms with van der Waals surface area (Å²) in [6, 6.07) is 0. The second-order valence-corrected chi connectivity index (χ2v) is 2.55. The van der Waals surface area contributed by atoms with E-state index in [4.69, 9.17) is 5.11 Å². The SMILES string of the molecule is CC(=O)NCC(=O)N(C)CC(=O)O. The molecule has 0 saturated carbocycles. The first-order chi connectivity index (χ1) is 5.93. The molecule has 2 N–H and O–H groups in total. The van der Waals surface area contributed by atoms with Crippen molar-refractivity contribution in [3.63, 3.8) is 0 Å². The molecule has 0 atom stereocenters. The number of rotatable bonds is 4. The zero-order valence-corrected chi connectivity index (χ0v) is 7.53. The first kappa shape index (κ1) is 11.4. The molecule has 0 bridgehead atoms. The van der Waals surface area contributed by atoms with Crippen molar-refractivity contribution in [3.05, 3.63) is 0 Å². The quantitative estimate of drug-likeness (QED) is 0.572. The van der Waals surface area contributed by atoms with E-state index >= 15 is 0 Å². The van der Waals surface area contributed by atoms with Gasteiger partial charge in [0.1, 0.15) is 6.54 Å². The molecule has 0 rings (SSSR count). The highest BCUT2D eigenvalue weighted by molar-refractivity contribution is 5.85. The van der Waals surface area contributed by atoms with Crippen molar-refractivity contribution in [3.8, 4) is 0 Å². The fraction of sp³-hybridized carbons (Fsp3) is 0.571. The van der Waals surface area contributed by atoms with Gasteiger partial charge in [0.25, 0.3) is 0 Å². The van der Waals surface area contributed by atoms with Crippen molar-refractivity contribution in [1.29, 1.82) is 0 Å². The number of nitrogens with zero attached hydrogens (tertiary/aromatic N) is 1. The Morgan fingerprint density at radius 3 is 2.31 bits per heavy atom. The van der Waals surface area contributed by atoms with Crippen molar-refractivity contribution in [1.82, 2.24) is 10.2 Å². The van der Waals surface area contributed by atoms with E-state index in [9.17, 15) is 14.4 Å². The molecular formula is C7H12N2O4. The Labute approximate surface area is 75.5 Å². The molecule has 0 aliphatic heterocycles. The number of nitrogens with one attached hydrogen (secondary N) is 1. The van der Waals surface area contributed by atoms with Gasteiger partial charge in [-0.2, -0.15) is 0 Å². The molecule has 0 aliphatic rings. The van der Waals surface area contributed by atoms with Crippen molar-refractivity contribution in [2.45, 2.75) is 6.92 Å². The molecule has 13 heavy (non-hydrogen) atoms. The maximum absolute atomic E-state index is 11.0. The molecule has 0 unspecified atom stereocenters. The third-order valence-electron chi connectivity index (χ3n) is 1.29. The smallest absolute Gasteiger partial charge is 0.323 e. The van der Waals surface area contributed by atoms with E-state index in [1.54, 1.807) is 0 Å². The molecule has 0 aromatic heterocycles. The first-order valence-corrected chi connectivity index (χ1v) is 3.63. The summed E-state index contributed by atoms with van der Waals surface area (Å²) in [5.74, 6) is -1.84. The molecule has 0 radical (unpaired) electrons. The normalized spacial score (nSPS) is 9.08. The molecule has 0 saturated heterocycles. The summed E-state index contributed by atoms with van der Waals surface area (Å²) in [6.45, 7) is 0.752. The van der Waals surface area contributed by atoms with E-state index in [1.807, 2.05) is 0 Å².